The van der Waals surface area contributed by atoms with Crippen LogP contribution in [0.1, 0.15) is 4.88 Å². The van der Waals surface area contributed by atoms with Gasteiger partial charge in [-0.25, -0.2) is 18.5 Å². The minimum absolute atomic E-state index is 0.0308. The molecule has 0 atom stereocenters. The highest BCUT2D eigenvalue weighted by molar-refractivity contribution is 7.89. The number of aromatic nitrogens is 1. The van der Waals surface area contributed by atoms with Crippen LogP contribution in [0.25, 0.3) is 12.2 Å². The maximum Gasteiger partial charge on any atom is 0.277 e. The number of benzene rings is 2. The number of nitrogens with zero attached hydrogens (tertiary/aromatic N) is 2. The molecule has 1 aliphatic rings. The first-order valence-corrected chi connectivity index (χ1v) is 12.3. The summed E-state index contributed by atoms with van der Waals surface area (Å²) in [5.74, 6) is 0.168. The molecule has 1 aliphatic heterocycles. The fraction of sp³-hybridized carbons (Fsp3) is 0.136. The van der Waals surface area contributed by atoms with E-state index in [9.17, 15) is 18.3 Å². The number of hydrogen-bond acceptors (Lipinski definition) is 10. The van der Waals surface area contributed by atoms with Gasteiger partial charge in [-0.3, -0.25) is 4.79 Å². The third-order valence-electron chi connectivity index (χ3n) is 4.96. The number of sulfonamides is 1. The number of aromatic hydroxyl groups is 1. The first-order chi connectivity index (χ1) is 16.6. The number of methoxy groups -OCH3 is 3. The van der Waals surface area contributed by atoms with Gasteiger partial charge in [0.1, 0.15) is 5.36 Å². The molecule has 11 nitrogen and oxygen atoms in total. The van der Waals surface area contributed by atoms with Gasteiger partial charge in [-0.1, -0.05) is 11.3 Å². The van der Waals surface area contributed by atoms with Gasteiger partial charge in [0.05, 0.1) is 31.1 Å². The largest absolute Gasteiger partial charge is 0.493 e. The second-order valence-electron chi connectivity index (χ2n) is 7.15. The van der Waals surface area contributed by atoms with E-state index in [1.54, 1.807) is 12.1 Å². The Labute approximate surface area is 203 Å². The minimum atomic E-state index is -3.81. The molecule has 0 saturated carbocycles. The molecule has 2 aromatic carbocycles. The van der Waals surface area contributed by atoms with E-state index in [1.165, 1.54) is 51.7 Å². The molecular weight excluding hydrogens is 496 g/mol. The molecular formula is C22H20N4O7S2. The Bertz CT molecular complexity index is 1580. The van der Waals surface area contributed by atoms with E-state index < -0.39 is 15.9 Å². The first-order valence-electron chi connectivity index (χ1n) is 9.89. The number of hydrogen-bond donors (Lipinski definition) is 3. The van der Waals surface area contributed by atoms with Gasteiger partial charge in [-0.2, -0.15) is 4.98 Å². The molecule has 35 heavy (non-hydrogen) atoms. The number of carbonyl (C=O) groups excluding carboxylic acids is 1. The molecule has 1 amide bonds. The molecule has 0 fully saturated rings. The lowest BCUT2D eigenvalue weighted by Gasteiger charge is -2.14. The van der Waals surface area contributed by atoms with E-state index in [-0.39, 0.29) is 22.1 Å². The van der Waals surface area contributed by atoms with Crippen molar-refractivity contribution in [2.75, 3.05) is 26.6 Å². The highest BCUT2D eigenvalue weighted by Crippen LogP contribution is 2.34. The maximum absolute atomic E-state index is 12.7. The molecule has 13 heteroatoms. The Balaban J connectivity index is 1.69. The van der Waals surface area contributed by atoms with Crippen molar-refractivity contribution in [1.82, 2.24) is 4.98 Å². The summed E-state index contributed by atoms with van der Waals surface area (Å²) in [6, 6.07) is 7.39. The van der Waals surface area contributed by atoms with Crippen LogP contribution in [0.2, 0.25) is 0 Å². The van der Waals surface area contributed by atoms with Crippen LogP contribution in [-0.2, 0) is 14.8 Å². The highest BCUT2D eigenvalue weighted by atomic mass is 32.2. The average molecular weight is 517 g/mol. The number of nitrogens with one attached hydrogen (secondary N) is 1. The van der Waals surface area contributed by atoms with Crippen molar-refractivity contribution < 1.29 is 32.5 Å². The molecule has 4 rings (SSSR count). The van der Waals surface area contributed by atoms with Gasteiger partial charge in [0.25, 0.3) is 5.91 Å². The van der Waals surface area contributed by atoms with Crippen molar-refractivity contribution in [2.24, 2.45) is 10.1 Å². The number of carbonyl (C=O) groups is 1. The number of fused-ring (bicyclic) bond motifs is 1. The number of rotatable bonds is 7. The van der Waals surface area contributed by atoms with E-state index in [0.29, 0.717) is 37.8 Å². The second-order valence-corrected chi connectivity index (χ2v) is 9.74. The monoisotopic (exact) mass is 516 g/mol. The third kappa shape index (κ3) is 4.82. The molecule has 0 radical (unpaired) electrons. The van der Waals surface area contributed by atoms with Crippen LogP contribution in [0, 0.1) is 0 Å². The summed E-state index contributed by atoms with van der Waals surface area (Å²) in [5.41, 5.74) is 0.748. The van der Waals surface area contributed by atoms with Crippen molar-refractivity contribution in [2.45, 2.75) is 4.90 Å². The molecule has 0 bridgehead atoms. The summed E-state index contributed by atoms with van der Waals surface area (Å²) >= 11 is 1.09. The Morgan fingerprint density at radius 1 is 1.09 bits per heavy atom. The minimum Gasteiger partial charge on any atom is -0.493 e. The Kier molecular flexibility index (Phi) is 6.47. The summed E-state index contributed by atoms with van der Waals surface area (Å²) in [6.45, 7) is 0. The van der Waals surface area contributed by atoms with Gasteiger partial charge < -0.3 is 24.6 Å². The number of thiazole rings is 1. The normalized spacial score (nSPS) is 14.1. The molecule has 0 unspecified atom stereocenters. The summed E-state index contributed by atoms with van der Waals surface area (Å²) in [7, 11) is 0.575. The number of anilines is 2. The van der Waals surface area contributed by atoms with E-state index in [0.717, 1.165) is 11.3 Å². The summed E-state index contributed by atoms with van der Waals surface area (Å²) < 4.78 is 38.9. The molecule has 1 aromatic heterocycles. The standard InChI is InChI=1S/C22H20N4O7S2/c1-31-15-9-11-8-12(20(27)25-17(11)19(33-3)18(15)32-2)10-16-21(28)26-22(34-16)24-13-4-6-14(7-5-13)35(23,29)30/h4-10,28H,1-3H3,(H,24,26)(H2,23,29,30)/b12-10-. The maximum atomic E-state index is 12.7. The van der Waals surface area contributed by atoms with Crippen LogP contribution in [0.4, 0.5) is 10.8 Å². The quantitative estimate of drug-likeness (QED) is 0.393. The van der Waals surface area contributed by atoms with Crippen LogP contribution >= 0.6 is 11.3 Å². The Morgan fingerprint density at radius 2 is 1.77 bits per heavy atom. The van der Waals surface area contributed by atoms with E-state index in [4.69, 9.17) is 19.3 Å². The van der Waals surface area contributed by atoms with E-state index >= 15 is 0 Å². The molecule has 3 aromatic rings. The Hall–Kier alpha value is -3.94. The van der Waals surface area contributed by atoms with Crippen LogP contribution in [0.15, 0.2) is 45.8 Å². The molecule has 0 saturated heterocycles. The van der Waals surface area contributed by atoms with Gasteiger partial charge in [0, 0.05) is 16.5 Å². The lowest BCUT2D eigenvalue weighted by molar-refractivity contribution is -0.114. The van der Waals surface area contributed by atoms with E-state index in [1.807, 2.05) is 0 Å². The highest BCUT2D eigenvalue weighted by Gasteiger charge is 2.21. The van der Waals surface area contributed by atoms with Gasteiger partial charge in [0.2, 0.25) is 21.7 Å². The van der Waals surface area contributed by atoms with Crippen molar-refractivity contribution in [3.8, 4) is 23.1 Å². The molecule has 4 N–H and O–H groups in total. The Morgan fingerprint density at radius 3 is 2.37 bits per heavy atom. The number of ether oxygens (including phenoxy) is 3. The topological polar surface area (TPSA) is 162 Å². The summed E-state index contributed by atoms with van der Waals surface area (Å²) in [6.07, 6.45) is 3.08. The van der Waals surface area contributed by atoms with Gasteiger partial charge in [0.15, 0.2) is 16.6 Å². The first kappa shape index (κ1) is 24.2. The smallest absolute Gasteiger partial charge is 0.277 e. The molecule has 0 aliphatic carbocycles. The lowest BCUT2D eigenvalue weighted by atomic mass is 10.1. The fourth-order valence-electron chi connectivity index (χ4n) is 3.35. The SMILES string of the molecule is COc1cc2c(c(OC)c1OC)=NC(=O)/C(=C\c1sc(Nc3ccc(S(N)(=O)=O)cc3)nc1O)C=2. The van der Waals surface area contributed by atoms with E-state index in [2.05, 4.69) is 15.3 Å². The zero-order valence-corrected chi connectivity index (χ0v) is 20.4. The van der Waals surface area contributed by atoms with Gasteiger partial charge in [-0.05, 0) is 42.5 Å². The summed E-state index contributed by atoms with van der Waals surface area (Å²) in [4.78, 5) is 21.2. The van der Waals surface area contributed by atoms with Crippen LogP contribution in [0.5, 0.6) is 23.1 Å². The predicted molar refractivity (Wildman–Crippen MR) is 129 cm³/mol. The van der Waals surface area contributed by atoms with Crippen molar-refractivity contribution in [3.05, 3.63) is 51.4 Å². The fourth-order valence-corrected chi connectivity index (χ4v) is 4.70. The zero-order chi connectivity index (χ0) is 25.3. The molecule has 0 spiro atoms. The number of amides is 1. The lowest BCUT2D eigenvalue weighted by Crippen LogP contribution is -2.32. The van der Waals surface area contributed by atoms with Crippen LogP contribution < -0.4 is 35.2 Å². The summed E-state index contributed by atoms with van der Waals surface area (Å²) in [5, 5.41) is 19.6. The average Bonchev–Trinajstić information content (AvgIpc) is 3.16. The van der Waals surface area contributed by atoms with Crippen molar-refractivity contribution in [1.29, 1.82) is 0 Å². The zero-order valence-electron chi connectivity index (χ0n) is 18.7. The predicted octanol–water partition coefficient (Wildman–Crippen LogP) is 1.29. The molecule has 182 valence electrons. The number of nitrogens with two attached hydrogens (primary N) is 1. The van der Waals surface area contributed by atoms with Crippen molar-refractivity contribution in [3.63, 3.8) is 0 Å². The second kappa shape index (κ2) is 9.37. The number of primary sulfonamides is 1. The van der Waals surface area contributed by atoms with Crippen LogP contribution in [-0.4, -0.2) is 45.7 Å². The van der Waals surface area contributed by atoms with Crippen LogP contribution in [0.3, 0.4) is 0 Å². The van der Waals surface area contributed by atoms with Gasteiger partial charge >= 0.3 is 0 Å². The van der Waals surface area contributed by atoms with Crippen molar-refractivity contribution >= 4 is 50.2 Å². The third-order valence-corrected chi connectivity index (χ3v) is 6.80. The van der Waals surface area contributed by atoms with Gasteiger partial charge in [-0.15, -0.1) is 0 Å². The molecule has 2 heterocycles.